The third-order valence-electron chi connectivity index (χ3n) is 2.47. The zero-order valence-corrected chi connectivity index (χ0v) is 9.16. The first-order valence-electron chi connectivity index (χ1n) is 5.37. The Morgan fingerprint density at radius 3 is 2.76 bits per heavy atom. The average Bonchev–Trinajstić information content (AvgIpc) is 3.10. The van der Waals surface area contributed by atoms with Gasteiger partial charge in [-0.15, -0.1) is 0 Å². The summed E-state index contributed by atoms with van der Waals surface area (Å²) in [6, 6.07) is 1.40. The van der Waals surface area contributed by atoms with Crippen LogP contribution >= 0.6 is 0 Å². The monoisotopic (exact) mass is 244 g/mol. The van der Waals surface area contributed by atoms with E-state index in [0.29, 0.717) is 11.7 Å². The lowest BCUT2D eigenvalue weighted by Crippen LogP contribution is -2.31. The van der Waals surface area contributed by atoms with E-state index < -0.39 is 19.1 Å². The van der Waals surface area contributed by atoms with Crippen LogP contribution in [0.2, 0.25) is 0 Å². The van der Waals surface area contributed by atoms with E-state index in [1.54, 1.807) is 0 Å². The molecule has 1 fully saturated rings. The van der Waals surface area contributed by atoms with Crippen molar-refractivity contribution in [2.24, 2.45) is 0 Å². The summed E-state index contributed by atoms with van der Waals surface area (Å²) in [6.07, 6.45) is 2.02. The number of nitrogens with zero attached hydrogens (tertiary/aromatic N) is 2. The highest BCUT2D eigenvalue weighted by Crippen LogP contribution is 2.38. The molecule has 7 heteroatoms. The number of aliphatic hydroxyl groups is 1. The van der Waals surface area contributed by atoms with E-state index in [9.17, 15) is 8.78 Å². The van der Waals surface area contributed by atoms with E-state index in [-0.39, 0.29) is 11.6 Å². The molecule has 1 heterocycles. The van der Waals surface area contributed by atoms with Crippen LogP contribution < -0.4 is 11.1 Å². The predicted octanol–water partition coefficient (Wildman–Crippen LogP) is 0.976. The average molecular weight is 244 g/mol. The fourth-order valence-electron chi connectivity index (χ4n) is 1.38. The van der Waals surface area contributed by atoms with Crippen molar-refractivity contribution in [1.29, 1.82) is 0 Å². The third-order valence-corrected chi connectivity index (χ3v) is 2.47. The molecule has 0 amide bonds. The SMILES string of the molecule is Nc1cc(NCC(F)(F)CO)nc(C2CC2)n1. The van der Waals surface area contributed by atoms with Gasteiger partial charge in [0, 0.05) is 12.0 Å². The van der Waals surface area contributed by atoms with Gasteiger partial charge in [0.25, 0.3) is 5.92 Å². The molecule has 1 aromatic rings. The van der Waals surface area contributed by atoms with Gasteiger partial charge in [0.2, 0.25) is 0 Å². The van der Waals surface area contributed by atoms with Gasteiger partial charge in [-0.1, -0.05) is 0 Å². The van der Waals surface area contributed by atoms with Crippen LogP contribution in [0, 0.1) is 0 Å². The maximum Gasteiger partial charge on any atom is 0.287 e. The van der Waals surface area contributed by atoms with Crippen LogP contribution in [0.15, 0.2) is 6.07 Å². The molecule has 94 valence electrons. The summed E-state index contributed by atoms with van der Waals surface area (Å²) in [5, 5.41) is 10.9. The van der Waals surface area contributed by atoms with Crippen LogP contribution in [0.25, 0.3) is 0 Å². The number of rotatable bonds is 5. The molecule has 0 spiro atoms. The summed E-state index contributed by atoms with van der Waals surface area (Å²) >= 11 is 0. The Morgan fingerprint density at radius 2 is 2.18 bits per heavy atom. The highest BCUT2D eigenvalue weighted by molar-refractivity contribution is 5.45. The van der Waals surface area contributed by atoms with Crippen LogP contribution in [-0.2, 0) is 0 Å². The molecule has 0 radical (unpaired) electrons. The zero-order chi connectivity index (χ0) is 12.5. The summed E-state index contributed by atoms with van der Waals surface area (Å²) in [5.74, 6) is -1.74. The van der Waals surface area contributed by atoms with Gasteiger partial charge in [0.1, 0.15) is 24.1 Å². The minimum atomic E-state index is -3.17. The van der Waals surface area contributed by atoms with Gasteiger partial charge in [-0.2, -0.15) is 0 Å². The number of halogens is 2. The van der Waals surface area contributed by atoms with Crippen LogP contribution in [-0.4, -0.2) is 34.1 Å². The zero-order valence-electron chi connectivity index (χ0n) is 9.16. The lowest BCUT2D eigenvalue weighted by Gasteiger charge is -2.14. The number of nitrogens with one attached hydrogen (secondary N) is 1. The normalized spacial score (nSPS) is 15.9. The van der Waals surface area contributed by atoms with Gasteiger partial charge in [-0.3, -0.25) is 0 Å². The van der Waals surface area contributed by atoms with E-state index >= 15 is 0 Å². The summed E-state index contributed by atoms with van der Waals surface area (Å²) in [5.41, 5.74) is 5.57. The smallest absolute Gasteiger partial charge is 0.287 e. The van der Waals surface area contributed by atoms with Gasteiger partial charge < -0.3 is 16.2 Å². The van der Waals surface area contributed by atoms with Crippen molar-refractivity contribution < 1.29 is 13.9 Å². The highest BCUT2D eigenvalue weighted by atomic mass is 19.3. The van der Waals surface area contributed by atoms with Crippen LogP contribution in [0.4, 0.5) is 20.4 Å². The molecular weight excluding hydrogens is 230 g/mol. The van der Waals surface area contributed by atoms with Crippen molar-refractivity contribution >= 4 is 11.6 Å². The van der Waals surface area contributed by atoms with E-state index in [0.717, 1.165) is 12.8 Å². The van der Waals surface area contributed by atoms with E-state index in [1.165, 1.54) is 6.07 Å². The lowest BCUT2D eigenvalue weighted by atomic mass is 10.3. The number of hydrogen-bond acceptors (Lipinski definition) is 5. The van der Waals surface area contributed by atoms with Crippen LogP contribution in [0.1, 0.15) is 24.6 Å². The fourth-order valence-corrected chi connectivity index (χ4v) is 1.38. The summed E-state index contributed by atoms with van der Waals surface area (Å²) in [4.78, 5) is 8.17. The molecule has 0 unspecified atom stereocenters. The molecule has 0 saturated heterocycles. The lowest BCUT2D eigenvalue weighted by molar-refractivity contribution is -0.0373. The second-order valence-electron chi connectivity index (χ2n) is 4.18. The number of hydrogen-bond donors (Lipinski definition) is 3. The van der Waals surface area contributed by atoms with E-state index in [2.05, 4.69) is 15.3 Å². The Hall–Kier alpha value is -1.50. The maximum absolute atomic E-state index is 12.8. The number of anilines is 2. The second kappa shape index (κ2) is 4.40. The van der Waals surface area contributed by atoms with Crippen molar-refractivity contribution in [3.05, 3.63) is 11.9 Å². The van der Waals surface area contributed by atoms with Crippen molar-refractivity contribution in [1.82, 2.24) is 9.97 Å². The minimum absolute atomic E-state index is 0.261. The summed E-state index contributed by atoms with van der Waals surface area (Å²) in [6.45, 7) is -1.87. The Balaban J connectivity index is 2.05. The summed E-state index contributed by atoms with van der Waals surface area (Å²) < 4.78 is 25.6. The molecule has 0 aliphatic heterocycles. The Bertz CT molecular complexity index is 409. The first kappa shape index (κ1) is 12.0. The Kier molecular flexibility index (Phi) is 3.10. The van der Waals surface area contributed by atoms with Crippen molar-refractivity contribution in [3.8, 4) is 0 Å². The molecule has 1 aliphatic carbocycles. The first-order valence-corrected chi connectivity index (χ1v) is 5.37. The van der Waals surface area contributed by atoms with Crippen LogP contribution in [0.5, 0.6) is 0 Å². The number of aliphatic hydroxyl groups excluding tert-OH is 1. The molecular formula is C10H14F2N4O. The van der Waals surface area contributed by atoms with Gasteiger partial charge in [-0.05, 0) is 12.8 Å². The molecule has 0 aromatic carbocycles. The topological polar surface area (TPSA) is 84.1 Å². The molecule has 0 bridgehead atoms. The van der Waals surface area contributed by atoms with Gasteiger partial charge >= 0.3 is 0 Å². The Morgan fingerprint density at radius 1 is 1.47 bits per heavy atom. The standard InChI is InChI=1S/C10H14F2N4O/c11-10(12,5-17)4-14-8-3-7(13)15-9(16-8)6-1-2-6/h3,6,17H,1-2,4-5H2,(H3,13,14,15,16). The molecule has 1 aliphatic rings. The molecule has 4 N–H and O–H groups in total. The predicted molar refractivity (Wildman–Crippen MR) is 58.9 cm³/mol. The number of alkyl halides is 2. The Labute approximate surface area is 97.1 Å². The maximum atomic E-state index is 12.8. The fraction of sp³-hybridized carbons (Fsp3) is 0.600. The van der Waals surface area contributed by atoms with Gasteiger partial charge in [-0.25, -0.2) is 18.7 Å². The molecule has 1 aromatic heterocycles. The second-order valence-corrected chi connectivity index (χ2v) is 4.18. The quantitative estimate of drug-likeness (QED) is 0.719. The van der Waals surface area contributed by atoms with Gasteiger partial charge in [0.15, 0.2) is 0 Å². The van der Waals surface area contributed by atoms with Crippen molar-refractivity contribution in [3.63, 3.8) is 0 Å². The number of nitrogen functional groups attached to an aromatic ring is 1. The third kappa shape index (κ3) is 3.23. The van der Waals surface area contributed by atoms with Crippen molar-refractivity contribution in [2.75, 3.05) is 24.2 Å². The molecule has 2 rings (SSSR count). The number of aromatic nitrogens is 2. The van der Waals surface area contributed by atoms with E-state index in [1.807, 2.05) is 0 Å². The van der Waals surface area contributed by atoms with Gasteiger partial charge in [0.05, 0.1) is 6.54 Å². The molecule has 1 saturated carbocycles. The van der Waals surface area contributed by atoms with E-state index in [4.69, 9.17) is 10.8 Å². The first-order chi connectivity index (χ1) is 8.00. The number of nitrogens with two attached hydrogens (primary N) is 1. The highest BCUT2D eigenvalue weighted by Gasteiger charge is 2.29. The van der Waals surface area contributed by atoms with Crippen LogP contribution in [0.3, 0.4) is 0 Å². The largest absolute Gasteiger partial charge is 0.390 e. The molecule has 5 nitrogen and oxygen atoms in total. The minimum Gasteiger partial charge on any atom is -0.390 e. The van der Waals surface area contributed by atoms with Crippen molar-refractivity contribution in [2.45, 2.75) is 24.7 Å². The summed E-state index contributed by atoms with van der Waals surface area (Å²) in [7, 11) is 0. The molecule has 0 atom stereocenters. The molecule has 17 heavy (non-hydrogen) atoms.